The van der Waals surface area contributed by atoms with Gasteiger partial charge in [-0.15, -0.1) is 0 Å². The molecule has 0 aromatic rings. The van der Waals surface area contributed by atoms with Crippen molar-refractivity contribution in [1.29, 1.82) is 0 Å². The van der Waals surface area contributed by atoms with E-state index in [1.54, 1.807) is 5.32 Å². The fraction of sp³-hybridized carbons (Fsp3) is 0.778. The zero-order chi connectivity index (χ0) is 16.7. The third-order valence-electron chi connectivity index (χ3n) is 2.45. The standard InChI is InChI=1S/C9H17NO10S/c11-1-4(12)5(13)6(14)7(15)8(16)10-3(9(17)18)2-21(19)20/h3-7,11-15H,1-2H2,(H,10,16)(H,17,18)(H,19,20)/t3?,4-,5-,6+,7-/m1/s1. The van der Waals surface area contributed by atoms with E-state index in [0.717, 1.165) is 0 Å². The molecule has 124 valence electrons. The maximum absolute atomic E-state index is 11.5. The first-order valence-electron chi connectivity index (χ1n) is 5.55. The average molecular weight is 331 g/mol. The Morgan fingerprint density at radius 2 is 1.62 bits per heavy atom. The van der Waals surface area contributed by atoms with Gasteiger partial charge in [-0.05, 0) is 0 Å². The molecule has 0 fully saturated rings. The fourth-order valence-electron chi connectivity index (χ4n) is 1.25. The third kappa shape index (κ3) is 6.43. The zero-order valence-electron chi connectivity index (χ0n) is 10.6. The van der Waals surface area contributed by atoms with Gasteiger partial charge in [-0.1, -0.05) is 0 Å². The van der Waals surface area contributed by atoms with Crippen LogP contribution >= 0.6 is 0 Å². The second-order valence-electron chi connectivity index (χ2n) is 4.06. The molecule has 6 atom stereocenters. The molecule has 12 heteroatoms. The first kappa shape index (κ1) is 19.9. The molecular formula is C9H17NO10S. The highest BCUT2D eigenvalue weighted by molar-refractivity contribution is 7.79. The van der Waals surface area contributed by atoms with Gasteiger partial charge in [-0.25, -0.2) is 9.00 Å². The summed E-state index contributed by atoms with van der Waals surface area (Å²) >= 11 is -2.54. The van der Waals surface area contributed by atoms with Gasteiger partial charge < -0.3 is 40.5 Å². The maximum Gasteiger partial charge on any atom is 0.327 e. The summed E-state index contributed by atoms with van der Waals surface area (Å²) in [7, 11) is 0. The molecule has 0 radical (unpaired) electrons. The monoisotopic (exact) mass is 331 g/mol. The molecule has 0 spiro atoms. The number of aliphatic hydroxyl groups is 5. The number of rotatable bonds is 9. The highest BCUT2D eigenvalue weighted by Gasteiger charge is 2.35. The van der Waals surface area contributed by atoms with Gasteiger partial charge in [0.25, 0.3) is 5.91 Å². The van der Waals surface area contributed by atoms with E-state index >= 15 is 0 Å². The van der Waals surface area contributed by atoms with E-state index in [1.807, 2.05) is 0 Å². The number of carboxylic acids is 1. The molecular weight excluding hydrogens is 314 g/mol. The molecule has 11 nitrogen and oxygen atoms in total. The smallest absolute Gasteiger partial charge is 0.327 e. The van der Waals surface area contributed by atoms with Crippen LogP contribution in [0.1, 0.15) is 0 Å². The Bertz CT molecular complexity index is 391. The lowest BCUT2D eigenvalue weighted by molar-refractivity contribution is -0.152. The Labute approximate surface area is 121 Å². The quantitative estimate of drug-likeness (QED) is 0.189. The van der Waals surface area contributed by atoms with Crippen LogP contribution in [0.2, 0.25) is 0 Å². The minimum Gasteiger partial charge on any atom is -0.480 e. The highest BCUT2D eigenvalue weighted by Crippen LogP contribution is 2.06. The second-order valence-corrected chi connectivity index (χ2v) is 5.04. The number of amides is 1. The van der Waals surface area contributed by atoms with Crippen LogP contribution in [0.15, 0.2) is 0 Å². The number of hydrogen-bond acceptors (Lipinski definition) is 8. The minimum absolute atomic E-state index is 0.855. The molecule has 0 rings (SSSR count). The molecule has 0 saturated heterocycles. The van der Waals surface area contributed by atoms with E-state index in [0.29, 0.717) is 0 Å². The second kappa shape index (κ2) is 8.99. The van der Waals surface area contributed by atoms with Gasteiger partial charge in [-0.3, -0.25) is 4.79 Å². The number of carboxylic acid groups (broad SMARTS) is 1. The van der Waals surface area contributed by atoms with Crippen LogP contribution in [-0.4, -0.2) is 94.1 Å². The van der Waals surface area contributed by atoms with Crippen molar-refractivity contribution < 1.29 is 49.0 Å². The van der Waals surface area contributed by atoms with Crippen molar-refractivity contribution >= 4 is 23.0 Å². The molecule has 2 unspecified atom stereocenters. The molecule has 1 amide bonds. The van der Waals surface area contributed by atoms with Gasteiger partial charge in [0.05, 0.1) is 12.4 Å². The molecule has 0 aliphatic carbocycles. The van der Waals surface area contributed by atoms with Crippen LogP contribution in [0.5, 0.6) is 0 Å². The lowest BCUT2D eigenvalue weighted by Gasteiger charge is -2.25. The molecule has 0 aromatic carbocycles. The predicted molar refractivity (Wildman–Crippen MR) is 66.3 cm³/mol. The van der Waals surface area contributed by atoms with Crippen LogP contribution in [0, 0.1) is 0 Å². The number of aliphatic carboxylic acids is 1. The number of aliphatic hydroxyl groups excluding tert-OH is 5. The lowest BCUT2D eigenvalue weighted by atomic mass is 10.0. The number of nitrogens with one attached hydrogen (secondary N) is 1. The van der Waals surface area contributed by atoms with Crippen LogP contribution in [0.4, 0.5) is 0 Å². The first-order chi connectivity index (χ1) is 9.61. The molecule has 21 heavy (non-hydrogen) atoms. The fourth-order valence-corrected chi connectivity index (χ4v) is 1.76. The van der Waals surface area contributed by atoms with E-state index in [1.165, 1.54) is 0 Å². The topological polar surface area (TPSA) is 205 Å². The molecule has 8 N–H and O–H groups in total. The third-order valence-corrected chi connectivity index (χ3v) is 3.07. The van der Waals surface area contributed by atoms with Crippen molar-refractivity contribution in [2.75, 3.05) is 12.4 Å². The van der Waals surface area contributed by atoms with Crippen LogP contribution in [-0.2, 0) is 20.7 Å². The number of hydrogen-bond donors (Lipinski definition) is 8. The van der Waals surface area contributed by atoms with Crippen LogP contribution in [0.25, 0.3) is 0 Å². The summed E-state index contributed by atoms with van der Waals surface area (Å²) in [6.45, 7) is -0.951. The normalized spacial score (nSPS) is 19.9. The Balaban J connectivity index is 4.75. The van der Waals surface area contributed by atoms with E-state index in [-0.39, 0.29) is 0 Å². The highest BCUT2D eigenvalue weighted by atomic mass is 32.2. The largest absolute Gasteiger partial charge is 0.480 e. The van der Waals surface area contributed by atoms with Gasteiger partial charge in [0.1, 0.15) is 24.4 Å². The van der Waals surface area contributed by atoms with Gasteiger partial charge in [0.15, 0.2) is 17.2 Å². The molecule has 0 bridgehead atoms. The summed E-state index contributed by atoms with van der Waals surface area (Å²) < 4.78 is 19.1. The van der Waals surface area contributed by atoms with E-state index in [4.69, 9.17) is 19.9 Å². The van der Waals surface area contributed by atoms with Gasteiger partial charge in [0.2, 0.25) is 0 Å². The molecule has 0 heterocycles. The summed E-state index contributed by atoms with van der Waals surface area (Å²) in [5.74, 6) is -3.95. The van der Waals surface area contributed by atoms with Crippen molar-refractivity contribution in [3.05, 3.63) is 0 Å². The zero-order valence-corrected chi connectivity index (χ0v) is 11.4. The van der Waals surface area contributed by atoms with Crippen molar-refractivity contribution in [2.24, 2.45) is 0 Å². The van der Waals surface area contributed by atoms with E-state index in [2.05, 4.69) is 0 Å². The van der Waals surface area contributed by atoms with Crippen molar-refractivity contribution in [2.45, 2.75) is 30.5 Å². The average Bonchev–Trinajstić information content (AvgIpc) is 2.42. The predicted octanol–water partition coefficient (Wildman–Crippen LogP) is -4.79. The Kier molecular flexibility index (Phi) is 8.50. The lowest BCUT2D eigenvalue weighted by Crippen LogP contribution is -2.55. The summed E-state index contributed by atoms with van der Waals surface area (Å²) in [6, 6.07) is -1.80. The molecule has 0 aliphatic rings. The molecule has 0 aliphatic heterocycles. The summed E-state index contributed by atoms with van der Waals surface area (Å²) in [5, 5.41) is 56.1. The molecule has 0 aromatic heterocycles. The number of carbonyl (C=O) groups is 2. The first-order valence-corrected chi connectivity index (χ1v) is 6.83. The van der Waals surface area contributed by atoms with Gasteiger partial charge in [0, 0.05) is 0 Å². The molecule has 0 saturated carbocycles. The Morgan fingerprint density at radius 1 is 1.10 bits per heavy atom. The Morgan fingerprint density at radius 3 is 2.00 bits per heavy atom. The maximum atomic E-state index is 11.5. The SMILES string of the molecule is O=C(O)C(CS(=O)O)NC(=O)[C@H](O)[C@@H](O)[C@H](O)[C@H](O)CO. The summed E-state index contributed by atoms with van der Waals surface area (Å²) in [6.07, 6.45) is -8.43. The Hall–Kier alpha value is -1.15. The van der Waals surface area contributed by atoms with Crippen molar-refractivity contribution in [1.82, 2.24) is 5.32 Å². The van der Waals surface area contributed by atoms with Crippen molar-refractivity contribution in [3.63, 3.8) is 0 Å². The summed E-state index contributed by atoms with van der Waals surface area (Å²) in [5.41, 5.74) is 0. The van der Waals surface area contributed by atoms with E-state index < -0.39 is 65.8 Å². The summed E-state index contributed by atoms with van der Waals surface area (Å²) in [4.78, 5) is 22.2. The van der Waals surface area contributed by atoms with Crippen molar-refractivity contribution in [3.8, 4) is 0 Å². The minimum atomic E-state index is -2.54. The van der Waals surface area contributed by atoms with Crippen LogP contribution < -0.4 is 5.32 Å². The van der Waals surface area contributed by atoms with Gasteiger partial charge >= 0.3 is 5.97 Å². The van der Waals surface area contributed by atoms with Crippen LogP contribution in [0.3, 0.4) is 0 Å². The van der Waals surface area contributed by atoms with E-state index in [9.17, 15) is 29.1 Å². The number of carbonyl (C=O) groups excluding carboxylic acids is 1. The van der Waals surface area contributed by atoms with Gasteiger partial charge in [-0.2, -0.15) is 0 Å².